The van der Waals surface area contributed by atoms with Gasteiger partial charge in [-0.15, -0.1) is 0 Å². The first kappa shape index (κ1) is 17.8. The van der Waals surface area contributed by atoms with Crippen molar-refractivity contribution < 1.29 is 9.53 Å². The number of carbonyl (C=O) groups excluding carboxylic acids is 1. The molecule has 1 aliphatic carbocycles. The lowest BCUT2D eigenvalue weighted by atomic mass is 9.75. The highest BCUT2D eigenvalue weighted by Gasteiger charge is 2.31. The maximum Gasteiger partial charge on any atom is 0.407 e. The van der Waals surface area contributed by atoms with Crippen LogP contribution in [0, 0.1) is 6.92 Å². The summed E-state index contributed by atoms with van der Waals surface area (Å²) >= 11 is 0. The minimum absolute atomic E-state index is 0.242. The molecule has 0 heterocycles. The fourth-order valence-electron chi connectivity index (χ4n) is 2.96. The van der Waals surface area contributed by atoms with E-state index in [4.69, 9.17) is 4.74 Å². The van der Waals surface area contributed by atoms with Crippen LogP contribution < -0.4 is 10.6 Å². The first-order valence-electron chi connectivity index (χ1n) is 8.52. The van der Waals surface area contributed by atoms with Crippen molar-refractivity contribution in [2.45, 2.75) is 71.1 Å². The molecule has 0 spiro atoms. The molecule has 4 nitrogen and oxygen atoms in total. The Bertz CT molecular complexity index is 530. The second-order valence-corrected chi connectivity index (χ2v) is 7.73. The summed E-state index contributed by atoms with van der Waals surface area (Å²) in [6.07, 6.45) is 1.98. The zero-order chi connectivity index (χ0) is 17.0. The van der Waals surface area contributed by atoms with Crippen LogP contribution >= 0.6 is 0 Å². The standard InChI is InChI=1S/C19H30N2O2/c1-13-7-6-8-15(9-13)16-10-17(11-16)21-14(2)12-20-18(22)23-19(3,4)5/h6-9,14,16-17,21H,10-12H2,1-5H3,(H,20,22). The van der Waals surface area contributed by atoms with Gasteiger partial charge in [-0.2, -0.15) is 0 Å². The van der Waals surface area contributed by atoms with Gasteiger partial charge in [0, 0.05) is 18.6 Å². The van der Waals surface area contributed by atoms with Gasteiger partial charge in [-0.25, -0.2) is 4.79 Å². The Kier molecular flexibility index (Phi) is 5.69. The minimum Gasteiger partial charge on any atom is -0.444 e. The number of hydrogen-bond donors (Lipinski definition) is 2. The number of nitrogens with one attached hydrogen (secondary N) is 2. The largest absolute Gasteiger partial charge is 0.444 e. The molecule has 1 unspecified atom stereocenters. The lowest BCUT2D eigenvalue weighted by molar-refractivity contribution is 0.0521. The molecule has 23 heavy (non-hydrogen) atoms. The first-order valence-corrected chi connectivity index (χ1v) is 8.52. The third-order valence-corrected chi connectivity index (χ3v) is 4.12. The van der Waals surface area contributed by atoms with Crippen molar-refractivity contribution in [2.75, 3.05) is 6.54 Å². The van der Waals surface area contributed by atoms with E-state index in [1.807, 2.05) is 20.8 Å². The van der Waals surface area contributed by atoms with Crippen LogP contribution in [0.3, 0.4) is 0 Å². The minimum atomic E-state index is -0.449. The van der Waals surface area contributed by atoms with Crippen molar-refractivity contribution in [1.82, 2.24) is 10.6 Å². The van der Waals surface area contributed by atoms with Gasteiger partial charge in [0.25, 0.3) is 0 Å². The summed E-state index contributed by atoms with van der Waals surface area (Å²) in [5.41, 5.74) is 2.33. The summed E-state index contributed by atoms with van der Waals surface area (Å²) < 4.78 is 5.24. The lowest BCUT2D eigenvalue weighted by Crippen LogP contribution is -2.49. The average molecular weight is 318 g/mol. The molecular formula is C19H30N2O2. The molecule has 2 N–H and O–H groups in total. The summed E-state index contributed by atoms with van der Waals surface area (Å²) in [4.78, 5) is 11.6. The smallest absolute Gasteiger partial charge is 0.407 e. The van der Waals surface area contributed by atoms with Crippen molar-refractivity contribution >= 4 is 6.09 Å². The summed E-state index contributed by atoms with van der Waals surface area (Å²) in [6.45, 7) is 10.4. The number of amides is 1. The molecule has 1 aliphatic rings. The summed E-state index contributed by atoms with van der Waals surface area (Å²) in [5, 5.41) is 6.40. The van der Waals surface area contributed by atoms with Gasteiger partial charge < -0.3 is 15.4 Å². The Morgan fingerprint density at radius 2 is 2.04 bits per heavy atom. The fourth-order valence-corrected chi connectivity index (χ4v) is 2.96. The van der Waals surface area contributed by atoms with Crippen molar-refractivity contribution in [3.63, 3.8) is 0 Å². The third kappa shape index (κ3) is 5.87. The van der Waals surface area contributed by atoms with Gasteiger partial charge in [0.2, 0.25) is 0 Å². The zero-order valence-electron chi connectivity index (χ0n) is 15.0. The number of alkyl carbamates (subject to hydrolysis) is 1. The molecular weight excluding hydrogens is 288 g/mol. The van der Waals surface area contributed by atoms with E-state index >= 15 is 0 Å². The van der Waals surface area contributed by atoms with E-state index in [9.17, 15) is 4.79 Å². The molecule has 1 amide bonds. The van der Waals surface area contributed by atoms with E-state index in [0.717, 1.165) is 0 Å². The second-order valence-electron chi connectivity index (χ2n) is 7.73. The number of aryl methyl sites for hydroxylation is 1. The topological polar surface area (TPSA) is 50.4 Å². The van der Waals surface area contributed by atoms with Crippen LogP contribution in [0.15, 0.2) is 24.3 Å². The molecule has 4 heteroatoms. The number of hydrogen-bond acceptors (Lipinski definition) is 3. The highest BCUT2D eigenvalue weighted by atomic mass is 16.6. The summed E-state index contributed by atoms with van der Waals surface area (Å²) in [7, 11) is 0. The Labute approximate surface area is 140 Å². The van der Waals surface area contributed by atoms with Crippen molar-refractivity contribution in [3.8, 4) is 0 Å². The van der Waals surface area contributed by atoms with E-state index in [2.05, 4.69) is 48.7 Å². The molecule has 1 aromatic carbocycles. The number of ether oxygens (including phenoxy) is 1. The molecule has 1 saturated carbocycles. The predicted molar refractivity (Wildman–Crippen MR) is 93.8 cm³/mol. The maximum atomic E-state index is 11.6. The molecule has 1 aromatic rings. The van der Waals surface area contributed by atoms with Gasteiger partial charge in [-0.1, -0.05) is 29.8 Å². The molecule has 0 saturated heterocycles. The van der Waals surface area contributed by atoms with Crippen LogP contribution in [-0.4, -0.2) is 30.3 Å². The average Bonchev–Trinajstić information content (AvgIpc) is 2.38. The van der Waals surface area contributed by atoms with Gasteiger partial charge in [0.1, 0.15) is 5.60 Å². The van der Waals surface area contributed by atoms with Gasteiger partial charge in [0.05, 0.1) is 0 Å². The molecule has 0 bridgehead atoms. The van der Waals surface area contributed by atoms with Crippen LogP contribution in [0.4, 0.5) is 4.79 Å². The molecule has 0 aliphatic heterocycles. The Morgan fingerprint density at radius 1 is 1.35 bits per heavy atom. The van der Waals surface area contributed by atoms with E-state index in [1.165, 1.54) is 24.0 Å². The lowest BCUT2D eigenvalue weighted by Gasteiger charge is -2.38. The Balaban J connectivity index is 1.66. The van der Waals surface area contributed by atoms with Gasteiger partial charge >= 0.3 is 6.09 Å². The molecule has 128 valence electrons. The van der Waals surface area contributed by atoms with Crippen LogP contribution in [-0.2, 0) is 4.74 Å². The Hall–Kier alpha value is -1.55. The number of benzene rings is 1. The van der Waals surface area contributed by atoms with E-state index in [-0.39, 0.29) is 12.1 Å². The number of rotatable bonds is 5. The summed E-state index contributed by atoms with van der Waals surface area (Å²) in [6, 6.07) is 9.57. The highest BCUT2D eigenvalue weighted by molar-refractivity contribution is 5.67. The molecule has 2 rings (SSSR count). The predicted octanol–water partition coefficient (Wildman–Crippen LogP) is 3.74. The van der Waals surface area contributed by atoms with Crippen LogP contribution in [0.2, 0.25) is 0 Å². The highest BCUT2D eigenvalue weighted by Crippen LogP contribution is 2.37. The van der Waals surface area contributed by atoms with Gasteiger partial charge in [0.15, 0.2) is 0 Å². The quantitative estimate of drug-likeness (QED) is 0.869. The SMILES string of the molecule is Cc1cccc(C2CC(NC(C)CNC(=O)OC(C)(C)C)C2)c1. The zero-order valence-corrected chi connectivity index (χ0v) is 15.0. The van der Waals surface area contributed by atoms with Crippen LogP contribution in [0.5, 0.6) is 0 Å². The second kappa shape index (κ2) is 7.35. The fraction of sp³-hybridized carbons (Fsp3) is 0.632. The molecule has 0 radical (unpaired) electrons. The van der Waals surface area contributed by atoms with E-state index in [1.54, 1.807) is 0 Å². The van der Waals surface area contributed by atoms with E-state index in [0.29, 0.717) is 18.5 Å². The third-order valence-electron chi connectivity index (χ3n) is 4.12. The van der Waals surface area contributed by atoms with E-state index < -0.39 is 5.60 Å². The Morgan fingerprint density at radius 3 is 2.65 bits per heavy atom. The monoisotopic (exact) mass is 318 g/mol. The van der Waals surface area contributed by atoms with Crippen LogP contribution in [0.1, 0.15) is 57.6 Å². The maximum absolute atomic E-state index is 11.6. The van der Waals surface area contributed by atoms with Crippen molar-refractivity contribution in [1.29, 1.82) is 0 Å². The van der Waals surface area contributed by atoms with Crippen LogP contribution in [0.25, 0.3) is 0 Å². The number of carbonyl (C=O) groups is 1. The van der Waals surface area contributed by atoms with Gasteiger partial charge in [-0.05, 0) is 58.9 Å². The first-order chi connectivity index (χ1) is 10.7. The molecule has 1 atom stereocenters. The molecule has 1 fully saturated rings. The van der Waals surface area contributed by atoms with Crippen molar-refractivity contribution in [2.24, 2.45) is 0 Å². The van der Waals surface area contributed by atoms with Gasteiger partial charge in [-0.3, -0.25) is 0 Å². The summed E-state index contributed by atoms with van der Waals surface area (Å²) in [5.74, 6) is 0.665. The van der Waals surface area contributed by atoms with Crippen molar-refractivity contribution in [3.05, 3.63) is 35.4 Å². The molecule has 0 aromatic heterocycles. The normalized spacial score (nSPS) is 22.1.